The Bertz CT molecular complexity index is 1220. The first-order valence-electron chi connectivity index (χ1n) is 11.2. The molecule has 1 saturated carbocycles. The predicted octanol–water partition coefficient (Wildman–Crippen LogP) is 4.22. The van der Waals surface area contributed by atoms with Crippen LogP contribution in [-0.4, -0.2) is 54.9 Å². The van der Waals surface area contributed by atoms with Crippen LogP contribution in [0.5, 0.6) is 5.88 Å². The van der Waals surface area contributed by atoms with E-state index in [2.05, 4.69) is 39.2 Å². The maximum absolute atomic E-state index is 6.08. The molecule has 0 amide bonds. The van der Waals surface area contributed by atoms with Crippen LogP contribution in [-0.2, 0) is 4.74 Å². The first kappa shape index (κ1) is 20.7. The lowest BCUT2D eigenvalue weighted by molar-refractivity contribution is -0.0574. The molecule has 5 rings (SSSR count). The zero-order valence-corrected chi connectivity index (χ0v) is 18.8. The molecular formula is C23H29N7O2. The summed E-state index contributed by atoms with van der Waals surface area (Å²) in [5.74, 6) is 1.13. The number of methoxy groups -OCH3 is 1. The Balaban J connectivity index is 1.38. The highest BCUT2D eigenvalue weighted by atomic mass is 16.5. The van der Waals surface area contributed by atoms with Crippen molar-refractivity contribution in [3.05, 3.63) is 30.9 Å². The molecule has 1 aliphatic rings. The number of aromatic amines is 1. The lowest BCUT2D eigenvalue weighted by Crippen LogP contribution is -2.38. The van der Waals surface area contributed by atoms with Crippen LogP contribution in [0.1, 0.15) is 46.0 Å². The van der Waals surface area contributed by atoms with Gasteiger partial charge in [-0.3, -0.25) is 0 Å². The van der Waals surface area contributed by atoms with Crippen molar-refractivity contribution >= 4 is 22.6 Å². The number of hydrogen-bond acceptors (Lipinski definition) is 7. The summed E-state index contributed by atoms with van der Waals surface area (Å²) in [5.41, 5.74) is 3.47. The van der Waals surface area contributed by atoms with E-state index in [0.717, 1.165) is 66.5 Å². The van der Waals surface area contributed by atoms with Crippen LogP contribution < -0.4 is 10.1 Å². The van der Waals surface area contributed by atoms with Gasteiger partial charge in [0.2, 0.25) is 11.8 Å². The predicted molar refractivity (Wildman–Crippen MR) is 123 cm³/mol. The normalized spacial score (nSPS) is 21.3. The van der Waals surface area contributed by atoms with Crippen LogP contribution in [0.15, 0.2) is 30.9 Å². The number of anilines is 1. The summed E-state index contributed by atoms with van der Waals surface area (Å²) in [5, 5.41) is 8.52. The number of fused-ring (bicyclic) bond motifs is 2. The molecular weight excluding hydrogens is 406 g/mol. The first-order chi connectivity index (χ1) is 15.6. The summed E-state index contributed by atoms with van der Waals surface area (Å²) in [7, 11) is 1.64. The molecule has 0 saturated heterocycles. The second kappa shape index (κ2) is 8.38. The number of rotatable bonds is 7. The summed E-state index contributed by atoms with van der Waals surface area (Å²) in [6.07, 6.45) is 10.5. The maximum atomic E-state index is 6.08. The van der Waals surface area contributed by atoms with Crippen LogP contribution in [0.4, 0.5) is 5.95 Å². The number of nitrogens with one attached hydrogen (secondary N) is 2. The molecule has 1 fully saturated rings. The second-order valence-corrected chi connectivity index (χ2v) is 8.68. The molecule has 4 aromatic rings. The molecule has 0 atom stereocenters. The Hall–Kier alpha value is -3.20. The van der Waals surface area contributed by atoms with Gasteiger partial charge in [0.15, 0.2) is 5.65 Å². The van der Waals surface area contributed by atoms with Gasteiger partial charge < -0.3 is 19.8 Å². The Morgan fingerprint density at radius 3 is 2.91 bits per heavy atom. The van der Waals surface area contributed by atoms with Gasteiger partial charge in [0, 0.05) is 30.6 Å². The summed E-state index contributed by atoms with van der Waals surface area (Å²) in [6, 6.07) is 4.30. The number of pyridine rings is 1. The topological polar surface area (TPSA) is 102 Å². The number of hydrogen-bond donors (Lipinski definition) is 2. The van der Waals surface area contributed by atoms with Gasteiger partial charge in [-0.25, -0.2) is 9.50 Å². The minimum atomic E-state index is -0.0173. The third-order valence-electron chi connectivity index (χ3n) is 6.31. The summed E-state index contributed by atoms with van der Waals surface area (Å²) in [6.45, 7) is 5.20. The monoisotopic (exact) mass is 435 g/mol. The van der Waals surface area contributed by atoms with Crippen molar-refractivity contribution in [1.29, 1.82) is 0 Å². The van der Waals surface area contributed by atoms with E-state index in [1.165, 1.54) is 0 Å². The van der Waals surface area contributed by atoms with E-state index >= 15 is 0 Å². The fourth-order valence-corrected chi connectivity index (χ4v) is 4.47. The van der Waals surface area contributed by atoms with E-state index in [1.54, 1.807) is 18.0 Å². The van der Waals surface area contributed by atoms with Crippen LogP contribution in [0.2, 0.25) is 0 Å². The Morgan fingerprint density at radius 2 is 2.12 bits per heavy atom. The molecule has 0 unspecified atom stereocenters. The van der Waals surface area contributed by atoms with E-state index in [4.69, 9.17) is 14.5 Å². The average Bonchev–Trinajstić information content (AvgIpc) is 3.45. The van der Waals surface area contributed by atoms with E-state index in [0.29, 0.717) is 17.9 Å². The van der Waals surface area contributed by atoms with Crippen LogP contribution in [0, 0.1) is 0 Å². The molecule has 9 nitrogen and oxygen atoms in total. The molecule has 9 heteroatoms. The van der Waals surface area contributed by atoms with Gasteiger partial charge in [0.25, 0.3) is 0 Å². The van der Waals surface area contributed by atoms with Gasteiger partial charge in [-0.15, -0.1) is 0 Å². The molecule has 2 N–H and O–H groups in total. The molecule has 0 radical (unpaired) electrons. The smallest absolute Gasteiger partial charge is 0.228 e. The minimum Gasteiger partial charge on any atom is -0.480 e. The van der Waals surface area contributed by atoms with Crippen LogP contribution in [0.25, 0.3) is 27.8 Å². The molecule has 0 bridgehead atoms. The van der Waals surface area contributed by atoms with Crippen LogP contribution in [0.3, 0.4) is 0 Å². The fraction of sp³-hybridized carbons (Fsp3) is 0.478. The van der Waals surface area contributed by atoms with Gasteiger partial charge in [0.05, 0.1) is 18.1 Å². The molecule has 0 spiro atoms. The standard InChI is InChI=1S/C23H29N7O2/c1-4-11-32-23(2)8-5-16(6-9-23)27-22-28-20-19(21(29-22)31-3)17(13-24-20)15-7-10-30-18(12-15)25-14-26-30/h7,10,12-14,16H,4-6,8-9,11H2,1-3H3,(H2,24,27,28,29)/t16-,23-. The minimum absolute atomic E-state index is 0.0173. The Morgan fingerprint density at radius 1 is 1.28 bits per heavy atom. The van der Waals surface area contributed by atoms with Crippen LogP contribution >= 0.6 is 0 Å². The second-order valence-electron chi connectivity index (χ2n) is 8.68. The van der Waals surface area contributed by atoms with Gasteiger partial charge >= 0.3 is 0 Å². The zero-order chi connectivity index (χ0) is 22.1. The summed E-state index contributed by atoms with van der Waals surface area (Å²) in [4.78, 5) is 17.0. The fourth-order valence-electron chi connectivity index (χ4n) is 4.47. The third kappa shape index (κ3) is 3.88. The third-order valence-corrected chi connectivity index (χ3v) is 6.31. The van der Waals surface area contributed by atoms with E-state index in [-0.39, 0.29) is 5.60 Å². The molecule has 1 aliphatic carbocycles. The lowest BCUT2D eigenvalue weighted by atomic mass is 9.83. The quantitative estimate of drug-likeness (QED) is 0.448. The molecule has 4 heterocycles. The molecule has 32 heavy (non-hydrogen) atoms. The lowest BCUT2D eigenvalue weighted by Gasteiger charge is -2.37. The highest BCUT2D eigenvalue weighted by Gasteiger charge is 2.32. The number of ether oxygens (including phenoxy) is 2. The molecule has 0 aromatic carbocycles. The van der Waals surface area contributed by atoms with Crippen molar-refractivity contribution in [3.8, 4) is 17.0 Å². The Labute approximate surface area is 186 Å². The molecule has 4 aromatic heterocycles. The van der Waals surface area contributed by atoms with Crippen molar-refractivity contribution in [2.24, 2.45) is 0 Å². The van der Waals surface area contributed by atoms with Gasteiger partial charge in [-0.05, 0) is 56.7 Å². The van der Waals surface area contributed by atoms with Crippen molar-refractivity contribution in [2.75, 3.05) is 19.0 Å². The summed E-state index contributed by atoms with van der Waals surface area (Å²) < 4.78 is 13.5. The zero-order valence-electron chi connectivity index (χ0n) is 18.8. The SMILES string of the molecule is CCCO[C@]1(C)CC[C@@H](Nc2nc(OC)c3c(-c4ccn5ncnc5c4)c[nH]c3n2)CC1. The van der Waals surface area contributed by atoms with E-state index in [9.17, 15) is 0 Å². The van der Waals surface area contributed by atoms with Gasteiger partial charge in [-0.2, -0.15) is 15.1 Å². The number of aromatic nitrogens is 6. The van der Waals surface area contributed by atoms with Crippen molar-refractivity contribution in [1.82, 2.24) is 29.5 Å². The molecule has 168 valence electrons. The summed E-state index contributed by atoms with van der Waals surface area (Å²) >= 11 is 0. The highest BCUT2D eigenvalue weighted by molar-refractivity contribution is 5.98. The van der Waals surface area contributed by atoms with E-state index in [1.807, 2.05) is 24.5 Å². The first-order valence-corrected chi connectivity index (χ1v) is 11.2. The number of nitrogens with zero attached hydrogens (tertiary/aromatic N) is 5. The van der Waals surface area contributed by atoms with Crippen molar-refractivity contribution in [2.45, 2.75) is 57.6 Å². The highest BCUT2D eigenvalue weighted by Crippen LogP contribution is 2.36. The largest absolute Gasteiger partial charge is 0.480 e. The molecule has 0 aliphatic heterocycles. The van der Waals surface area contributed by atoms with Crippen molar-refractivity contribution in [3.63, 3.8) is 0 Å². The number of H-pyrrole nitrogens is 1. The Kier molecular flexibility index (Phi) is 5.42. The van der Waals surface area contributed by atoms with Crippen molar-refractivity contribution < 1.29 is 9.47 Å². The van der Waals surface area contributed by atoms with Gasteiger partial charge in [0.1, 0.15) is 12.0 Å². The van der Waals surface area contributed by atoms with E-state index < -0.39 is 0 Å². The van der Waals surface area contributed by atoms with Gasteiger partial charge in [-0.1, -0.05) is 6.92 Å². The maximum Gasteiger partial charge on any atom is 0.228 e. The average molecular weight is 436 g/mol.